The summed E-state index contributed by atoms with van der Waals surface area (Å²) in [4.78, 5) is 24.0. The number of carbonyl (C=O) groups excluding carboxylic acids is 2. The van der Waals surface area contributed by atoms with Crippen LogP contribution in [0, 0.1) is 0 Å². The Balaban J connectivity index is 1.29. The number of amides is 2. The SMILES string of the molecule is CC(C)(C)OC(=O)NCCOCCOCCOCCOc1c(Br)cc(/C=C2\C(=O)Nc3ccc(Br)cc32)cc1Br. The number of ether oxygens (including phenoxy) is 5. The largest absolute Gasteiger partial charge is 0.489 e. The summed E-state index contributed by atoms with van der Waals surface area (Å²) >= 11 is 10.6. The summed E-state index contributed by atoms with van der Waals surface area (Å²) in [6, 6.07) is 9.50. The third-order valence-electron chi connectivity index (χ3n) is 5.23. The molecule has 1 aliphatic heterocycles. The summed E-state index contributed by atoms with van der Waals surface area (Å²) in [6.45, 7) is 8.64. The third kappa shape index (κ3) is 10.8. The maximum atomic E-state index is 12.5. The standard InChI is InChI=1S/C28H33Br3N2O7/c1-28(2,3)40-27(35)32-6-7-36-8-9-37-10-11-38-12-13-39-25-22(30)15-18(16-23(25)31)14-21-20-17-19(29)4-5-24(20)33-26(21)34/h4-5,14-17H,6-13H2,1-3H3,(H,32,35)(H,33,34)/b21-14-. The van der Waals surface area contributed by atoms with Gasteiger partial charge in [0, 0.05) is 27.8 Å². The highest BCUT2D eigenvalue weighted by Gasteiger charge is 2.24. The van der Waals surface area contributed by atoms with E-state index in [4.69, 9.17) is 23.7 Å². The number of hydrogen-bond acceptors (Lipinski definition) is 7. The zero-order valence-corrected chi connectivity index (χ0v) is 27.4. The Kier molecular flexibility index (Phi) is 12.9. The van der Waals surface area contributed by atoms with Gasteiger partial charge in [-0.1, -0.05) is 15.9 Å². The molecule has 0 unspecified atom stereocenters. The molecule has 0 aliphatic carbocycles. The molecule has 0 fully saturated rings. The van der Waals surface area contributed by atoms with Gasteiger partial charge in [0.15, 0.2) is 0 Å². The summed E-state index contributed by atoms with van der Waals surface area (Å²) in [5, 5.41) is 5.52. The quantitative estimate of drug-likeness (QED) is 0.170. The Morgan fingerprint density at radius 1 is 0.900 bits per heavy atom. The molecule has 0 atom stereocenters. The first kappa shape index (κ1) is 32.6. The number of hydrogen-bond donors (Lipinski definition) is 2. The minimum absolute atomic E-state index is 0.137. The number of carbonyl (C=O) groups is 2. The number of alkyl carbamates (subject to hydrolysis) is 1. The molecule has 9 nitrogen and oxygen atoms in total. The maximum Gasteiger partial charge on any atom is 0.407 e. The second-order valence-corrected chi connectivity index (χ2v) is 12.3. The highest BCUT2D eigenvalue weighted by atomic mass is 79.9. The van der Waals surface area contributed by atoms with Crippen LogP contribution in [-0.2, 0) is 23.7 Å². The molecule has 2 aromatic carbocycles. The lowest BCUT2D eigenvalue weighted by molar-refractivity contribution is -0.110. The summed E-state index contributed by atoms with van der Waals surface area (Å²) in [7, 11) is 0. The fraction of sp³-hybridized carbons (Fsp3) is 0.429. The molecule has 1 heterocycles. The maximum absolute atomic E-state index is 12.5. The Labute approximate surface area is 259 Å². The number of anilines is 1. The Hall–Kier alpha value is -1.96. The van der Waals surface area contributed by atoms with E-state index in [1.165, 1.54) is 0 Å². The Morgan fingerprint density at radius 3 is 2.12 bits per heavy atom. The van der Waals surface area contributed by atoms with Crippen molar-refractivity contribution in [3.05, 3.63) is 54.9 Å². The fourth-order valence-electron chi connectivity index (χ4n) is 3.55. The number of fused-ring (bicyclic) bond motifs is 1. The van der Waals surface area contributed by atoms with Crippen LogP contribution < -0.4 is 15.4 Å². The first-order valence-electron chi connectivity index (χ1n) is 12.7. The van der Waals surface area contributed by atoms with Crippen LogP contribution in [0.1, 0.15) is 31.9 Å². The topological polar surface area (TPSA) is 104 Å². The molecule has 0 spiro atoms. The van der Waals surface area contributed by atoms with E-state index in [0.29, 0.717) is 64.1 Å². The number of halogens is 3. The van der Waals surface area contributed by atoms with Crippen LogP contribution in [0.3, 0.4) is 0 Å². The van der Waals surface area contributed by atoms with Crippen molar-refractivity contribution in [2.75, 3.05) is 58.1 Å². The van der Waals surface area contributed by atoms with Crippen LogP contribution in [0.25, 0.3) is 11.6 Å². The summed E-state index contributed by atoms with van der Waals surface area (Å²) in [5.74, 6) is 0.515. The van der Waals surface area contributed by atoms with E-state index in [1.807, 2.05) is 57.2 Å². The molecular weight excluding hydrogens is 716 g/mol. The highest BCUT2D eigenvalue weighted by molar-refractivity contribution is 9.11. The van der Waals surface area contributed by atoms with Gasteiger partial charge in [-0.2, -0.15) is 0 Å². The summed E-state index contributed by atoms with van der Waals surface area (Å²) in [6.07, 6.45) is 1.39. The van der Waals surface area contributed by atoms with Gasteiger partial charge in [-0.05, 0) is 94.6 Å². The van der Waals surface area contributed by atoms with Gasteiger partial charge in [-0.25, -0.2) is 4.79 Å². The van der Waals surface area contributed by atoms with Crippen molar-refractivity contribution in [1.82, 2.24) is 5.32 Å². The Morgan fingerprint density at radius 2 is 1.50 bits per heavy atom. The van der Waals surface area contributed by atoms with Gasteiger partial charge in [0.1, 0.15) is 18.0 Å². The molecule has 2 aromatic rings. The van der Waals surface area contributed by atoms with Crippen molar-refractivity contribution in [2.45, 2.75) is 26.4 Å². The van der Waals surface area contributed by atoms with Gasteiger partial charge in [0.25, 0.3) is 5.91 Å². The molecule has 218 valence electrons. The highest BCUT2D eigenvalue weighted by Crippen LogP contribution is 2.38. The van der Waals surface area contributed by atoms with Gasteiger partial charge in [0.2, 0.25) is 0 Å². The predicted molar refractivity (Wildman–Crippen MR) is 165 cm³/mol. The lowest BCUT2D eigenvalue weighted by Gasteiger charge is -2.19. The van der Waals surface area contributed by atoms with Crippen LogP contribution >= 0.6 is 47.8 Å². The van der Waals surface area contributed by atoms with Gasteiger partial charge in [-0.15, -0.1) is 0 Å². The van der Waals surface area contributed by atoms with Gasteiger partial charge < -0.3 is 34.3 Å². The van der Waals surface area contributed by atoms with E-state index in [2.05, 4.69) is 58.4 Å². The molecule has 1 aliphatic rings. The van der Waals surface area contributed by atoms with Crippen LogP contribution in [0.15, 0.2) is 43.7 Å². The second-order valence-electron chi connectivity index (χ2n) is 9.63. The predicted octanol–water partition coefficient (Wildman–Crippen LogP) is 6.42. The molecule has 0 radical (unpaired) electrons. The van der Waals surface area contributed by atoms with Crippen molar-refractivity contribution in [2.24, 2.45) is 0 Å². The Bertz CT molecular complexity index is 1190. The first-order chi connectivity index (χ1) is 19.0. The van der Waals surface area contributed by atoms with E-state index in [9.17, 15) is 9.59 Å². The normalized spacial score (nSPS) is 13.8. The molecule has 0 bridgehead atoms. The van der Waals surface area contributed by atoms with E-state index >= 15 is 0 Å². The van der Waals surface area contributed by atoms with Gasteiger partial charge in [-0.3, -0.25) is 4.79 Å². The minimum atomic E-state index is -0.520. The monoisotopic (exact) mass is 746 g/mol. The van der Waals surface area contributed by atoms with Crippen LogP contribution in [0.4, 0.5) is 10.5 Å². The number of benzene rings is 2. The number of nitrogens with one attached hydrogen (secondary N) is 2. The molecule has 2 N–H and O–H groups in total. The third-order valence-corrected chi connectivity index (χ3v) is 6.90. The van der Waals surface area contributed by atoms with Crippen molar-refractivity contribution in [3.8, 4) is 5.75 Å². The molecule has 2 amide bonds. The molecule has 40 heavy (non-hydrogen) atoms. The molecular formula is C28H33Br3N2O7. The molecule has 3 rings (SSSR count). The van der Waals surface area contributed by atoms with E-state index in [1.54, 1.807) is 0 Å². The average Bonchev–Trinajstić information content (AvgIpc) is 3.16. The molecule has 0 aromatic heterocycles. The van der Waals surface area contributed by atoms with Gasteiger partial charge >= 0.3 is 6.09 Å². The lowest BCUT2D eigenvalue weighted by atomic mass is 10.0. The van der Waals surface area contributed by atoms with Crippen molar-refractivity contribution >= 4 is 77.1 Å². The van der Waals surface area contributed by atoms with Crippen molar-refractivity contribution in [3.63, 3.8) is 0 Å². The van der Waals surface area contributed by atoms with Crippen LogP contribution in [-0.4, -0.2) is 70.4 Å². The van der Waals surface area contributed by atoms with Crippen molar-refractivity contribution < 1.29 is 33.3 Å². The average molecular weight is 749 g/mol. The fourth-order valence-corrected chi connectivity index (χ4v) is 5.37. The second kappa shape index (κ2) is 15.9. The zero-order valence-electron chi connectivity index (χ0n) is 22.6. The molecule has 12 heteroatoms. The van der Waals surface area contributed by atoms with Gasteiger partial charge in [0.05, 0.1) is 48.6 Å². The minimum Gasteiger partial charge on any atom is -0.489 e. The molecule has 0 saturated carbocycles. The van der Waals surface area contributed by atoms with E-state index in [-0.39, 0.29) is 5.91 Å². The summed E-state index contributed by atoms with van der Waals surface area (Å²) < 4.78 is 29.9. The zero-order chi connectivity index (χ0) is 29.1. The van der Waals surface area contributed by atoms with Crippen LogP contribution in [0.2, 0.25) is 0 Å². The smallest absolute Gasteiger partial charge is 0.407 e. The molecule has 0 saturated heterocycles. The first-order valence-corrected chi connectivity index (χ1v) is 15.1. The summed E-state index contributed by atoms with van der Waals surface area (Å²) in [5.41, 5.74) is 2.57. The van der Waals surface area contributed by atoms with E-state index in [0.717, 1.165) is 30.2 Å². The lowest BCUT2D eigenvalue weighted by Crippen LogP contribution is -2.34. The van der Waals surface area contributed by atoms with Crippen LogP contribution in [0.5, 0.6) is 5.75 Å². The van der Waals surface area contributed by atoms with Crippen molar-refractivity contribution in [1.29, 1.82) is 0 Å². The van der Waals surface area contributed by atoms with E-state index < -0.39 is 11.7 Å². The number of rotatable bonds is 14.